The lowest BCUT2D eigenvalue weighted by Gasteiger charge is -2.15. The van der Waals surface area contributed by atoms with Crippen molar-refractivity contribution in [1.29, 1.82) is 0 Å². The highest BCUT2D eigenvalue weighted by molar-refractivity contribution is 9.11. The smallest absolute Gasteiger partial charge is 0.171 e. The van der Waals surface area contributed by atoms with Crippen LogP contribution in [0.15, 0.2) is 46.3 Å². The van der Waals surface area contributed by atoms with Crippen LogP contribution >= 0.6 is 27.3 Å². The molecule has 0 aliphatic heterocycles. The lowest BCUT2D eigenvalue weighted by Crippen LogP contribution is -2.17. The SMILES string of the molecule is CCOC(C(=O)Cc1ccc(Br)s1)c1ccccc1. The van der Waals surface area contributed by atoms with Gasteiger partial charge in [-0.3, -0.25) is 4.79 Å². The zero-order valence-corrected chi connectivity index (χ0v) is 13.0. The third-order valence-corrected chi connectivity index (χ3v) is 4.33. The standard InChI is InChI=1S/C15H15BrO2S/c1-2-18-15(11-6-4-3-5-7-11)13(17)10-12-8-9-14(16)19-12/h3-9,15H,2,10H2,1H3. The molecule has 0 bridgehead atoms. The Balaban J connectivity index is 2.13. The number of hydrogen-bond donors (Lipinski definition) is 0. The zero-order valence-electron chi connectivity index (χ0n) is 10.6. The second-order valence-electron chi connectivity index (χ2n) is 4.09. The average molecular weight is 339 g/mol. The van der Waals surface area contributed by atoms with Crippen LogP contribution in [-0.2, 0) is 16.0 Å². The number of ketones is 1. The Labute approximate surface area is 125 Å². The van der Waals surface area contributed by atoms with Crippen LogP contribution in [-0.4, -0.2) is 12.4 Å². The second kappa shape index (κ2) is 6.98. The molecule has 100 valence electrons. The molecule has 0 spiro atoms. The van der Waals surface area contributed by atoms with Crippen molar-refractivity contribution in [3.8, 4) is 0 Å². The van der Waals surface area contributed by atoms with Crippen molar-refractivity contribution in [1.82, 2.24) is 0 Å². The number of thiophene rings is 1. The van der Waals surface area contributed by atoms with Gasteiger partial charge in [0.15, 0.2) is 5.78 Å². The minimum atomic E-state index is -0.466. The predicted molar refractivity (Wildman–Crippen MR) is 81.5 cm³/mol. The number of Topliss-reactive ketones (excluding diaryl/α,β-unsaturated/α-hetero) is 1. The number of benzene rings is 1. The summed E-state index contributed by atoms with van der Waals surface area (Å²) in [6.07, 6.45) is -0.0531. The minimum Gasteiger partial charge on any atom is -0.366 e. The van der Waals surface area contributed by atoms with Gasteiger partial charge in [-0.25, -0.2) is 0 Å². The van der Waals surface area contributed by atoms with Gasteiger partial charge in [0.05, 0.1) is 3.79 Å². The maximum absolute atomic E-state index is 12.4. The van der Waals surface area contributed by atoms with E-state index in [1.54, 1.807) is 11.3 Å². The monoisotopic (exact) mass is 338 g/mol. The quantitative estimate of drug-likeness (QED) is 0.780. The molecule has 0 aliphatic carbocycles. The molecule has 19 heavy (non-hydrogen) atoms. The van der Waals surface area contributed by atoms with E-state index in [1.165, 1.54) is 0 Å². The van der Waals surface area contributed by atoms with Crippen LogP contribution in [0.5, 0.6) is 0 Å². The first-order valence-electron chi connectivity index (χ1n) is 6.14. The molecule has 0 N–H and O–H groups in total. The van der Waals surface area contributed by atoms with Gasteiger partial charge in [0.1, 0.15) is 6.10 Å². The summed E-state index contributed by atoms with van der Waals surface area (Å²) in [5, 5.41) is 0. The van der Waals surface area contributed by atoms with E-state index in [0.717, 1.165) is 14.2 Å². The van der Waals surface area contributed by atoms with E-state index >= 15 is 0 Å². The van der Waals surface area contributed by atoms with Crippen LogP contribution in [0, 0.1) is 0 Å². The normalized spacial score (nSPS) is 12.3. The number of rotatable bonds is 6. The van der Waals surface area contributed by atoms with Gasteiger partial charge in [0.2, 0.25) is 0 Å². The second-order valence-corrected chi connectivity index (χ2v) is 6.64. The molecule has 1 aromatic carbocycles. The van der Waals surface area contributed by atoms with Crippen molar-refractivity contribution in [2.75, 3.05) is 6.61 Å². The number of carbonyl (C=O) groups is 1. The maximum atomic E-state index is 12.4. The molecule has 0 fully saturated rings. The van der Waals surface area contributed by atoms with E-state index in [9.17, 15) is 4.79 Å². The number of hydrogen-bond acceptors (Lipinski definition) is 3. The van der Waals surface area contributed by atoms with Gasteiger partial charge in [-0.2, -0.15) is 0 Å². The summed E-state index contributed by atoms with van der Waals surface area (Å²) in [5.41, 5.74) is 0.921. The molecule has 2 aromatic rings. The number of carbonyl (C=O) groups excluding carboxylic acids is 1. The zero-order chi connectivity index (χ0) is 13.7. The van der Waals surface area contributed by atoms with Gasteiger partial charge in [0.25, 0.3) is 0 Å². The molecular formula is C15H15BrO2S. The molecule has 0 aliphatic rings. The fourth-order valence-corrected chi connectivity index (χ4v) is 3.37. The molecule has 0 amide bonds. The molecule has 1 atom stereocenters. The fourth-order valence-electron chi connectivity index (χ4n) is 1.88. The molecule has 0 saturated carbocycles. The van der Waals surface area contributed by atoms with Gasteiger partial charge >= 0.3 is 0 Å². The highest BCUT2D eigenvalue weighted by atomic mass is 79.9. The Morgan fingerprint density at radius 1 is 1.26 bits per heavy atom. The van der Waals surface area contributed by atoms with Crippen LogP contribution in [0.4, 0.5) is 0 Å². The van der Waals surface area contributed by atoms with Gasteiger partial charge in [-0.1, -0.05) is 30.3 Å². The Bertz CT molecular complexity index is 536. The number of halogens is 1. The minimum absolute atomic E-state index is 0.0994. The molecule has 4 heteroatoms. The molecule has 0 radical (unpaired) electrons. The van der Waals surface area contributed by atoms with Crippen LogP contribution in [0.1, 0.15) is 23.5 Å². The van der Waals surface area contributed by atoms with Crippen LogP contribution in [0.3, 0.4) is 0 Å². The van der Waals surface area contributed by atoms with E-state index in [-0.39, 0.29) is 5.78 Å². The van der Waals surface area contributed by atoms with Crippen LogP contribution < -0.4 is 0 Å². The molecule has 1 aromatic heterocycles. The summed E-state index contributed by atoms with van der Waals surface area (Å²) in [5.74, 6) is 0.0994. The van der Waals surface area contributed by atoms with Gasteiger partial charge in [-0.15, -0.1) is 11.3 Å². The highest BCUT2D eigenvalue weighted by Crippen LogP contribution is 2.26. The van der Waals surface area contributed by atoms with Crippen molar-refractivity contribution in [2.24, 2.45) is 0 Å². The van der Waals surface area contributed by atoms with E-state index in [4.69, 9.17) is 4.74 Å². The largest absolute Gasteiger partial charge is 0.366 e. The highest BCUT2D eigenvalue weighted by Gasteiger charge is 2.21. The molecule has 1 unspecified atom stereocenters. The van der Waals surface area contributed by atoms with Gasteiger partial charge in [0, 0.05) is 17.9 Å². The van der Waals surface area contributed by atoms with Crippen molar-refractivity contribution < 1.29 is 9.53 Å². The first-order valence-corrected chi connectivity index (χ1v) is 7.75. The Kier molecular flexibility index (Phi) is 5.31. The van der Waals surface area contributed by atoms with E-state index in [2.05, 4.69) is 15.9 Å². The molecule has 1 heterocycles. The summed E-state index contributed by atoms with van der Waals surface area (Å²) in [6.45, 7) is 2.43. The lowest BCUT2D eigenvalue weighted by molar-refractivity contribution is -0.130. The lowest BCUT2D eigenvalue weighted by atomic mass is 10.0. The maximum Gasteiger partial charge on any atom is 0.171 e. The van der Waals surface area contributed by atoms with E-state index in [1.807, 2.05) is 49.4 Å². The summed E-state index contributed by atoms with van der Waals surface area (Å²) >= 11 is 5.00. The van der Waals surface area contributed by atoms with E-state index < -0.39 is 6.10 Å². The van der Waals surface area contributed by atoms with Crippen molar-refractivity contribution >= 4 is 33.0 Å². The van der Waals surface area contributed by atoms with E-state index in [0.29, 0.717) is 13.0 Å². The first-order chi connectivity index (χ1) is 9.20. The van der Waals surface area contributed by atoms with Gasteiger partial charge < -0.3 is 4.74 Å². The third kappa shape index (κ3) is 4.00. The summed E-state index contributed by atoms with van der Waals surface area (Å²) in [4.78, 5) is 13.4. The fraction of sp³-hybridized carbons (Fsp3) is 0.267. The number of ether oxygens (including phenoxy) is 1. The third-order valence-electron chi connectivity index (χ3n) is 2.71. The summed E-state index contributed by atoms with van der Waals surface area (Å²) in [7, 11) is 0. The Hall–Kier alpha value is -0.970. The predicted octanol–water partition coefficient (Wildman–Crippen LogP) is 4.40. The Morgan fingerprint density at radius 2 is 2.00 bits per heavy atom. The first kappa shape index (κ1) is 14.4. The Morgan fingerprint density at radius 3 is 2.58 bits per heavy atom. The van der Waals surface area contributed by atoms with Crippen LogP contribution in [0.25, 0.3) is 0 Å². The molecular weight excluding hydrogens is 324 g/mol. The van der Waals surface area contributed by atoms with Gasteiger partial charge in [-0.05, 0) is 40.5 Å². The molecule has 0 saturated heterocycles. The molecule has 2 nitrogen and oxygen atoms in total. The molecule has 2 rings (SSSR count). The van der Waals surface area contributed by atoms with Crippen molar-refractivity contribution in [3.05, 3.63) is 56.7 Å². The summed E-state index contributed by atoms with van der Waals surface area (Å²) < 4.78 is 6.66. The van der Waals surface area contributed by atoms with Crippen molar-refractivity contribution in [3.63, 3.8) is 0 Å². The average Bonchev–Trinajstić information content (AvgIpc) is 2.82. The van der Waals surface area contributed by atoms with Crippen molar-refractivity contribution in [2.45, 2.75) is 19.4 Å². The summed E-state index contributed by atoms with van der Waals surface area (Å²) in [6, 6.07) is 13.6. The topological polar surface area (TPSA) is 26.3 Å². The van der Waals surface area contributed by atoms with Crippen LogP contribution in [0.2, 0.25) is 0 Å².